The zero-order chi connectivity index (χ0) is 38.3. The number of aliphatic imine (C=N–C) groups is 1. The molecule has 58 heavy (non-hydrogen) atoms. The van der Waals surface area contributed by atoms with Crippen molar-refractivity contribution in [3.63, 3.8) is 0 Å². The summed E-state index contributed by atoms with van der Waals surface area (Å²) in [4.78, 5) is 5.38. The second-order valence-electron chi connectivity index (χ2n) is 15.3. The highest BCUT2D eigenvalue weighted by atomic mass is 32.1. The standard InChI is InChI=1S/C54H34N2OS/c1-32-28-47(55-54(34-13-3-2-4-14-34)56-52(32)37-25-26-39-35(29-37)23-22-33-12-5-6-15-38(33)39)43-19-11-20-48-51(43)44-27-24-36(30-49(44)57-48)45-31-46-41-17-9-10-21-50(41)58-53(46)42-18-8-7-16-40(42)45/h2-27,29-31,52H,1H3,(H,55,56). The fraction of sp³-hybridized carbons (Fsp3) is 0.0370. The van der Waals surface area contributed by atoms with Crippen molar-refractivity contribution < 1.29 is 4.42 Å². The first-order valence-electron chi connectivity index (χ1n) is 19.7. The number of amidine groups is 1. The lowest BCUT2D eigenvalue weighted by Gasteiger charge is -2.21. The highest BCUT2D eigenvalue weighted by Crippen LogP contribution is 2.44. The van der Waals surface area contributed by atoms with Crippen LogP contribution in [-0.4, -0.2) is 5.84 Å². The van der Waals surface area contributed by atoms with Crippen LogP contribution in [-0.2, 0) is 0 Å². The van der Waals surface area contributed by atoms with Gasteiger partial charge in [0.05, 0.1) is 6.04 Å². The molecular weight excluding hydrogens is 725 g/mol. The van der Waals surface area contributed by atoms with Crippen LogP contribution in [0.15, 0.2) is 197 Å². The first-order chi connectivity index (χ1) is 28.6. The van der Waals surface area contributed by atoms with Crippen LogP contribution in [0.1, 0.15) is 29.7 Å². The SMILES string of the molecule is CC1=C=C(c2cccc3oc4cc(-c5cc6c7ccccc7sc6c6ccccc56)ccc4c23)N=C(c2ccccc2)NC1c1ccc2c(ccc3ccccc32)c1. The zero-order valence-corrected chi connectivity index (χ0v) is 32.4. The van der Waals surface area contributed by atoms with Crippen LogP contribution in [0, 0.1) is 0 Å². The molecule has 1 aliphatic rings. The van der Waals surface area contributed by atoms with E-state index in [9.17, 15) is 0 Å². The minimum absolute atomic E-state index is 0.136. The third-order valence-corrected chi connectivity index (χ3v) is 13.1. The smallest absolute Gasteiger partial charge is 0.136 e. The fourth-order valence-electron chi connectivity index (χ4n) is 9.07. The van der Waals surface area contributed by atoms with E-state index in [0.29, 0.717) is 0 Å². The predicted octanol–water partition coefficient (Wildman–Crippen LogP) is 14.8. The Morgan fingerprint density at radius 3 is 2.17 bits per heavy atom. The Labute approximate surface area is 338 Å². The normalized spacial score (nSPS) is 14.6. The van der Waals surface area contributed by atoms with Gasteiger partial charge in [0.1, 0.15) is 22.7 Å². The van der Waals surface area contributed by atoms with Crippen molar-refractivity contribution in [3.05, 3.63) is 204 Å². The summed E-state index contributed by atoms with van der Waals surface area (Å²) in [5, 5.41) is 16.0. The van der Waals surface area contributed by atoms with Gasteiger partial charge in [-0.1, -0.05) is 145 Å². The molecule has 1 atom stereocenters. The number of nitrogens with one attached hydrogen (secondary N) is 1. The summed E-state index contributed by atoms with van der Waals surface area (Å²) < 4.78 is 9.36. The van der Waals surface area contributed by atoms with Gasteiger partial charge in [0.15, 0.2) is 0 Å². The third kappa shape index (κ3) is 5.17. The van der Waals surface area contributed by atoms with Gasteiger partial charge >= 0.3 is 0 Å². The van der Waals surface area contributed by atoms with Gasteiger partial charge in [-0.15, -0.1) is 11.3 Å². The topological polar surface area (TPSA) is 37.5 Å². The quantitative estimate of drug-likeness (QED) is 0.143. The summed E-state index contributed by atoms with van der Waals surface area (Å²) in [6, 6.07) is 62.9. The molecule has 3 nitrogen and oxygen atoms in total. The van der Waals surface area contributed by atoms with E-state index >= 15 is 0 Å². The van der Waals surface area contributed by atoms with Gasteiger partial charge in [0.25, 0.3) is 0 Å². The van der Waals surface area contributed by atoms with Gasteiger partial charge in [-0.05, 0) is 92.5 Å². The van der Waals surface area contributed by atoms with Crippen LogP contribution in [0.4, 0.5) is 0 Å². The van der Waals surface area contributed by atoms with Crippen LogP contribution < -0.4 is 5.32 Å². The molecule has 0 saturated heterocycles. The molecule has 9 aromatic carbocycles. The molecule has 1 N–H and O–H groups in total. The van der Waals surface area contributed by atoms with Crippen LogP contribution >= 0.6 is 11.3 Å². The molecule has 0 spiro atoms. The van der Waals surface area contributed by atoms with Gasteiger partial charge in [-0.2, -0.15) is 0 Å². The summed E-state index contributed by atoms with van der Waals surface area (Å²) in [6.07, 6.45) is 0. The van der Waals surface area contributed by atoms with Crippen LogP contribution in [0.5, 0.6) is 0 Å². The first-order valence-corrected chi connectivity index (χ1v) is 20.5. The van der Waals surface area contributed by atoms with E-state index in [-0.39, 0.29) is 6.04 Å². The van der Waals surface area contributed by atoms with Crippen molar-refractivity contribution >= 4 is 97.3 Å². The molecule has 4 heteroatoms. The van der Waals surface area contributed by atoms with E-state index in [1.807, 2.05) is 17.4 Å². The van der Waals surface area contributed by atoms with Crippen LogP contribution in [0.3, 0.4) is 0 Å². The molecule has 0 amide bonds. The number of furan rings is 1. The molecule has 0 saturated carbocycles. The predicted molar refractivity (Wildman–Crippen MR) is 246 cm³/mol. The van der Waals surface area contributed by atoms with E-state index in [2.05, 4.69) is 188 Å². The monoisotopic (exact) mass is 758 g/mol. The van der Waals surface area contributed by atoms with Crippen molar-refractivity contribution in [2.75, 3.05) is 0 Å². The molecule has 0 aliphatic carbocycles. The third-order valence-electron chi connectivity index (χ3n) is 11.9. The largest absolute Gasteiger partial charge is 0.456 e. The maximum Gasteiger partial charge on any atom is 0.136 e. The Morgan fingerprint density at radius 1 is 0.534 bits per heavy atom. The van der Waals surface area contributed by atoms with E-state index in [4.69, 9.17) is 9.41 Å². The fourth-order valence-corrected chi connectivity index (χ4v) is 10.3. The molecule has 0 fully saturated rings. The summed E-state index contributed by atoms with van der Waals surface area (Å²) in [5.41, 5.74) is 12.8. The van der Waals surface area contributed by atoms with E-state index in [1.165, 1.54) is 63.6 Å². The van der Waals surface area contributed by atoms with Crippen molar-refractivity contribution in [3.8, 4) is 11.1 Å². The lowest BCUT2D eigenvalue weighted by molar-refractivity contribution is 0.669. The minimum atomic E-state index is -0.136. The van der Waals surface area contributed by atoms with Gasteiger partial charge in [-0.25, -0.2) is 4.99 Å². The number of hydrogen-bond donors (Lipinski definition) is 1. The van der Waals surface area contributed by atoms with Crippen molar-refractivity contribution in [2.45, 2.75) is 13.0 Å². The lowest BCUT2D eigenvalue weighted by Crippen LogP contribution is -2.29. The van der Waals surface area contributed by atoms with Gasteiger partial charge < -0.3 is 9.73 Å². The maximum absolute atomic E-state index is 6.72. The number of thiophene rings is 1. The Hall–Kier alpha value is -7.23. The maximum atomic E-state index is 6.72. The molecule has 1 unspecified atom stereocenters. The van der Waals surface area contributed by atoms with E-state index in [0.717, 1.165) is 55.7 Å². The Morgan fingerprint density at radius 2 is 1.28 bits per heavy atom. The van der Waals surface area contributed by atoms with Gasteiger partial charge in [0.2, 0.25) is 0 Å². The number of hydrogen-bond acceptors (Lipinski definition) is 4. The number of nitrogens with zero attached hydrogens (tertiary/aromatic N) is 1. The number of fused-ring (bicyclic) bond motifs is 11. The Kier molecular flexibility index (Phi) is 7.33. The molecule has 11 aromatic rings. The highest BCUT2D eigenvalue weighted by Gasteiger charge is 2.23. The summed E-state index contributed by atoms with van der Waals surface area (Å²) in [7, 11) is 0. The summed E-state index contributed by atoms with van der Waals surface area (Å²) in [5.74, 6) is 0.805. The van der Waals surface area contributed by atoms with Crippen molar-refractivity contribution in [1.29, 1.82) is 0 Å². The Bertz CT molecular complexity index is 3600. The molecular formula is C54H34N2OS. The first kappa shape index (κ1) is 33.0. The minimum Gasteiger partial charge on any atom is -0.456 e. The highest BCUT2D eigenvalue weighted by molar-refractivity contribution is 7.26. The van der Waals surface area contributed by atoms with E-state index in [1.54, 1.807) is 0 Å². The molecule has 12 rings (SSSR count). The average molecular weight is 759 g/mol. The van der Waals surface area contributed by atoms with Gasteiger partial charge in [0, 0.05) is 47.5 Å². The molecule has 2 aromatic heterocycles. The summed E-state index contributed by atoms with van der Waals surface area (Å²) in [6.45, 7) is 2.16. The van der Waals surface area contributed by atoms with Crippen LogP contribution in [0.25, 0.3) is 91.3 Å². The summed E-state index contributed by atoms with van der Waals surface area (Å²) >= 11 is 1.87. The molecule has 1 aliphatic heterocycles. The van der Waals surface area contributed by atoms with Crippen molar-refractivity contribution in [2.24, 2.45) is 4.99 Å². The molecule has 272 valence electrons. The number of rotatable bonds is 4. The molecule has 0 bridgehead atoms. The molecule has 3 heterocycles. The van der Waals surface area contributed by atoms with Crippen molar-refractivity contribution in [1.82, 2.24) is 5.32 Å². The Balaban J connectivity index is 1.03. The second kappa shape index (κ2) is 12.9. The average Bonchev–Trinajstić information content (AvgIpc) is 3.79. The second-order valence-corrected chi connectivity index (χ2v) is 16.3. The zero-order valence-electron chi connectivity index (χ0n) is 31.6. The molecule has 0 radical (unpaired) electrons. The number of benzene rings is 9. The van der Waals surface area contributed by atoms with E-state index < -0.39 is 0 Å². The van der Waals surface area contributed by atoms with Gasteiger partial charge in [-0.3, -0.25) is 0 Å². The van der Waals surface area contributed by atoms with Crippen LogP contribution in [0.2, 0.25) is 0 Å². The lowest BCUT2D eigenvalue weighted by atomic mass is 9.94.